The molecule has 2 N–H and O–H groups in total. The number of nitrogens with one attached hydrogen (secondary N) is 2. The Balaban J connectivity index is 1.79. The van der Waals surface area contributed by atoms with Gasteiger partial charge in [-0.3, -0.25) is 0 Å². The van der Waals surface area contributed by atoms with Crippen LogP contribution in [0.15, 0.2) is 23.5 Å². The van der Waals surface area contributed by atoms with Gasteiger partial charge in [-0.15, -0.1) is 0 Å². The highest BCUT2D eigenvalue weighted by Crippen LogP contribution is 2.18. The van der Waals surface area contributed by atoms with Gasteiger partial charge in [-0.05, 0) is 38.0 Å². The molecule has 2 aliphatic rings. The van der Waals surface area contributed by atoms with Crippen molar-refractivity contribution in [3.05, 3.63) is 23.5 Å². The summed E-state index contributed by atoms with van der Waals surface area (Å²) in [7, 11) is 0. The van der Waals surface area contributed by atoms with Crippen LogP contribution >= 0.6 is 0 Å². The molecule has 2 heteroatoms. The van der Waals surface area contributed by atoms with E-state index in [-0.39, 0.29) is 0 Å². The molecular weight excluding hydrogens is 172 g/mol. The molecule has 2 rings (SSSR count). The molecular formula is C12H20N2. The molecule has 1 saturated carbocycles. The smallest absolute Gasteiger partial charge is 0.0359 e. The van der Waals surface area contributed by atoms with Crippen LogP contribution in [-0.2, 0) is 0 Å². The van der Waals surface area contributed by atoms with Crippen molar-refractivity contribution in [2.75, 3.05) is 6.54 Å². The first-order valence-electron chi connectivity index (χ1n) is 5.70. The van der Waals surface area contributed by atoms with Crippen LogP contribution in [0.1, 0.15) is 39.0 Å². The van der Waals surface area contributed by atoms with Gasteiger partial charge >= 0.3 is 0 Å². The van der Waals surface area contributed by atoms with Gasteiger partial charge in [-0.2, -0.15) is 0 Å². The highest BCUT2D eigenvalue weighted by atomic mass is 15.0. The zero-order valence-corrected chi connectivity index (χ0v) is 8.97. The third kappa shape index (κ3) is 2.38. The molecule has 1 heterocycles. The molecule has 1 aliphatic carbocycles. The van der Waals surface area contributed by atoms with E-state index in [4.69, 9.17) is 0 Å². The third-order valence-corrected chi connectivity index (χ3v) is 3.24. The second kappa shape index (κ2) is 4.65. The fourth-order valence-electron chi connectivity index (χ4n) is 2.22. The molecule has 0 atom stereocenters. The summed E-state index contributed by atoms with van der Waals surface area (Å²) < 4.78 is 0. The summed E-state index contributed by atoms with van der Waals surface area (Å²) in [4.78, 5) is 0. The number of hydrogen-bond donors (Lipinski definition) is 2. The van der Waals surface area contributed by atoms with Crippen molar-refractivity contribution in [1.29, 1.82) is 0 Å². The van der Waals surface area contributed by atoms with E-state index in [0.29, 0.717) is 0 Å². The van der Waals surface area contributed by atoms with Crippen molar-refractivity contribution in [3.8, 4) is 0 Å². The first-order valence-corrected chi connectivity index (χ1v) is 5.70. The molecule has 0 saturated heterocycles. The summed E-state index contributed by atoms with van der Waals surface area (Å²) in [6, 6.07) is 0.767. The van der Waals surface area contributed by atoms with Gasteiger partial charge in [0.05, 0.1) is 0 Å². The van der Waals surface area contributed by atoms with Gasteiger partial charge in [-0.25, -0.2) is 0 Å². The molecule has 0 aromatic rings. The highest BCUT2D eigenvalue weighted by Gasteiger charge is 2.14. The first-order chi connectivity index (χ1) is 6.86. The van der Waals surface area contributed by atoms with Crippen LogP contribution in [-0.4, -0.2) is 12.6 Å². The van der Waals surface area contributed by atoms with Crippen LogP contribution in [0.25, 0.3) is 0 Å². The maximum atomic E-state index is 3.63. The number of allylic oxidation sites excluding steroid dienone is 2. The Labute approximate surface area is 86.5 Å². The molecule has 0 unspecified atom stereocenters. The topological polar surface area (TPSA) is 24.1 Å². The van der Waals surface area contributed by atoms with Crippen LogP contribution < -0.4 is 10.6 Å². The van der Waals surface area contributed by atoms with Gasteiger partial charge in [-0.1, -0.05) is 18.9 Å². The van der Waals surface area contributed by atoms with Crippen LogP contribution in [0.5, 0.6) is 0 Å². The Morgan fingerprint density at radius 2 is 2.21 bits per heavy atom. The lowest BCUT2D eigenvalue weighted by Crippen LogP contribution is -2.32. The quantitative estimate of drug-likeness (QED) is 0.717. The molecule has 0 aromatic heterocycles. The minimum Gasteiger partial charge on any atom is -0.364 e. The van der Waals surface area contributed by atoms with E-state index in [1.54, 1.807) is 0 Å². The standard InChI is InChI=1S/C12H20N2/c1-10-5-4-8-13-12(10)9-14-11-6-2-3-7-11/h4,8,11,13-14H,2-3,5-7,9H2,1H3. The Hall–Kier alpha value is -0.760. The molecule has 0 aromatic carbocycles. The molecule has 0 radical (unpaired) electrons. The Morgan fingerprint density at radius 3 is 2.93 bits per heavy atom. The van der Waals surface area contributed by atoms with Gasteiger partial charge in [0.15, 0.2) is 0 Å². The van der Waals surface area contributed by atoms with Crippen molar-refractivity contribution in [2.24, 2.45) is 0 Å². The van der Waals surface area contributed by atoms with Crippen LogP contribution in [0.2, 0.25) is 0 Å². The monoisotopic (exact) mass is 192 g/mol. The first kappa shape index (κ1) is 9.78. The average molecular weight is 192 g/mol. The lowest BCUT2D eigenvalue weighted by Gasteiger charge is -2.18. The Kier molecular flexibility index (Phi) is 3.25. The van der Waals surface area contributed by atoms with Gasteiger partial charge in [0.2, 0.25) is 0 Å². The van der Waals surface area contributed by atoms with E-state index in [9.17, 15) is 0 Å². The minimum atomic E-state index is 0.767. The molecule has 1 aliphatic heterocycles. The minimum absolute atomic E-state index is 0.767. The van der Waals surface area contributed by atoms with Crippen molar-refractivity contribution in [3.63, 3.8) is 0 Å². The van der Waals surface area contributed by atoms with Gasteiger partial charge in [0.1, 0.15) is 0 Å². The summed E-state index contributed by atoms with van der Waals surface area (Å²) in [6.45, 7) is 3.23. The summed E-state index contributed by atoms with van der Waals surface area (Å²) in [6.07, 6.45) is 10.9. The normalized spacial score (nSPS) is 22.9. The molecule has 2 nitrogen and oxygen atoms in total. The van der Waals surface area contributed by atoms with Gasteiger partial charge in [0.25, 0.3) is 0 Å². The van der Waals surface area contributed by atoms with Crippen LogP contribution in [0.4, 0.5) is 0 Å². The summed E-state index contributed by atoms with van der Waals surface area (Å²) in [5, 5.41) is 6.96. The molecule has 0 spiro atoms. The van der Waals surface area contributed by atoms with E-state index in [1.165, 1.54) is 37.0 Å². The zero-order valence-electron chi connectivity index (χ0n) is 8.97. The molecule has 1 fully saturated rings. The Morgan fingerprint density at radius 1 is 1.43 bits per heavy atom. The fourth-order valence-corrected chi connectivity index (χ4v) is 2.22. The Bertz CT molecular complexity index is 247. The van der Waals surface area contributed by atoms with Crippen molar-refractivity contribution >= 4 is 0 Å². The van der Waals surface area contributed by atoms with Crippen LogP contribution in [0.3, 0.4) is 0 Å². The lowest BCUT2D eigenvalue weighted by molar-refractivity contribution is 0.540. The number of dihydropyridines is 1. The molecule has 0 amide bonds. The number of hydrogen-bond acceptors (Lipinski definition) is 2. The zero-order chi connectivity index (χ0) is 9.80. The predicted octanol–water partition coefficient (Wildman–Crippen LogP) is 2.30. The molecule has 0 bridgehead atoms. The van der Waals surface area contributed by atoms with E-state index in [2.05, 4.69) is 29.8 Å². The van der Waals surface area contributed by atoms with Crippen molar-refractivity contribution in [1.82, 2.24) is 10.6 Å². The van der Waals surface area contributed by atoms with Crippen molar-refractivity contribution < 1.29 is 0 Å². The van der Waals surface area contributed by atoms with E-state index >= 15 is 0 Å². The van der Waals surface area contributed by atoms with Gasteiger partial charge in [0, 0.05) is 18.3 Å². The summed E-state index contributed by atoms with van der Waals surface area (Å²) >= 11 is 0. The van der Waals surface area contributed by atoms with E-state index in [0.717, 1.165) is 19.0 Å². The summed E-state index contributed by atoms with van der Waals surface area (Å²) in [5.41, 5.74) is 2.84. The second-order valence-electron chi connectivity index (χ2n) is 4.37. The average Bonchev–Trinajstić information content (AvgIpc) is 2.69. The van der Waals surface area contributed by atoms with E-state index < -0.39 is 0 Å². The SMILES string of the molecule is CC1=C(CNC2CCCC2)NC=CC1. The van der Waals surface area contributed by atoms with Gasteiger partial charge < -0.3 is 10.6 Å². The molecule has 14 heavy (non-hydrogen) atoms. The molecule has 78 valence electrons. The maximum absolute atomic E-state index is 3.63. The van der Waals surface area contributed by atoms with Crippen molar-refractivity contribution in [2.45, 2.75) is 45.1 Å². The predicted molar refractivity (Wildman–Crippen MR) is 59.9 cm³/mol. The fraction of sp³-hybridized carbons (Fsp3) is 0.667. The second-order valence-corrected chi connectivity index (χ2v) is 4.37. The maximum Gasteiger partial charge on any atom is 0.0359 e. The largest absolute Gasteiger partial charge is 0.364 e. The van der Waals surface area contributed by atoms with Crippen LogP contribution in [0, 0.1) is 0 Å². The lowest BCUT2D eigenvalue weighted by atomic mass is 10.1. The highest BCUT2D eigenvalue weighted by molar-refractivity contribution is 5.21. The number of rotatable bonds is 3. The third-order valence-electron chi connectivity index (χ3n) is 3.24. The summed E-state index contributed by atoms with van der Waals surface area (Å²) in [5.74, 6) is 0. The van der Waals surface area contributed by atoms with E-state index in [1.807, 2.05) is 0 Å².